The molecule has 0 radical (unpaired) electrons. The molecule has 78 valence electrons. The summed E-state index contributed by atoms with van der Waals surface area (Å²) in [6.45, 7) is 3.97. The average molecular weight is 203 g/mol. The summed E-state index contributed by atoms with van der Waals surface area (Å²) in [5, 5.41) is 7.91. The van der Waals surface area contributed by atoms with E-state index in [0.29, 0.717) is 17.5 Å². The summed E-state index contributed by atoms with van der Waals surface area (Å²) < 4.78 is 5.48. The fourth-order valence-corrected chi connectivity index (χ4v) is 1.38. The van der Waals surface area contributed by atoms with Crippen LogP contribution in [0.25, 0.3) is 11.5 Å². The number of benzene rings is 1. The molecular weight excluding hydrogens is 190 g/mol. The van der Waals surface area contributed by atoms with Crippen molar-refractivity contribution in [1.82, 2.24) is 10.2 Å². The molecule has 0 aliphatic carbocycles. The van der Waals surface area contributed by atoms with Crippen LogP contribution in [-0.4, -0.2) is 10.2 Å². The van der Waals surface area contributed by atoms with E-state index in [2.05, 4.69) is 10.2 Å². The zero-order valence-electron chi connectivity index (χ0n) is 8.82. The Hall–Kier alpha value is -1.84. The first kappa shape index (κ1) is 9.71. The number of nitrogens with zero attached hydrogens (tertiary/aromatic N) is 2. The lowest BCUT2D eigenvalue weighted by Crippen LogP contribution is -1.88. The molecule has 0 unspecified atom stereocenters. The Morgan fingerprint density at radius 3 is 2.80 bits per heavy atom. The van der Waals surface area contributed by atoms with E-state index in [-0.39, 0.29) is 0 Å². The Kier molecular flexibility index (Phi) is 2.41. The Balaban J connectivity index is 2.48. The monoisotopic (exact) mass is 203 g/mol. The molecule has 0 bridgehead atoms. The second-order valence-corrected chi connectivity index (χ2v) is 3.43. The average Bonchev–Trinajstić information content (AvgIpc) is 2.70. The number of aromatic nitrogens is 2. The SMILES string of the molecule is CCc1nnc(-c2cc(N)ccc2C)o1. The van der Waals surface area contributed by atoms with Gasteiger partial charge in [-0.3, -0.25) is 0 Å². The van der Waals surface area contributed by atoms with Gasteiger partial charge in [-0.15, -0.1) is 10.2 Å². The summed E-state index contributed by atoms with van der Waals surface area (Å²) in [7, 11) is 0. The molecule has 0 saturated carbocycles. The van der Waals surface area contributed by atoms with Crippen LogP contribution in [0.4, 0.5) is 5.69 Å². The minimum Gasteiger partial charge on any atom is -0.421 e. The second kappa shape index (κ2) is 3.73. The first-order valence-electron chi connectivity index (χ1n) is 4.89. The van der Waals surface area contributed by atoms with Crippen LogP contribution < -0.4 is 5.73 Å². The highest BCUT2D eigenvalue weighted by atomic mass is 16.4. The van der Waals surface area contributed by atoms with Crippen LogP contribution in [0.3, 0.4) is 0 Å². The maximum atomic E-state index is 5.71. The van der Waals surface area contributed by atoms with Crippen molar-refractivity contribution in [2.45, 2.75) is 20.3 Å². The van der Waals surface area contributed by atoms with Crippen molar-refractivity contribution in [3.63, 3.8) is 0 Å². The molecule has 0 aliphatic rings. The molecule has 0 amide bonds. The van der Waals surface area contributed by atoms with Crippen molar-refractivity contribution in [2.75, 3.05) is 5.73 Å². The third-order valence-corrected chi connectivity index (χ3v) is 2.26. The standard InChI is InChI=1S/C11H13N3O/c1-3-10-13-14-11(15-10)9-6-8(12)5-4-7(9)2/h4-6H,3,12H2,1-2H3. The molecule has 15 heavy (non-hydrogen) atoms. The van der Waals surface area contributed by atoms with Crippen LogP contribution in [0.1, 0.15) is 18.4 Å². The lowest BCUT2D eigenvalue weighted by atomic mass is 10.1. The van der Waals surface area contributed by atoms with Gasteiger partial charge in [0.25, 0.3) is 0 Å². The van der Waals surface area contributed by atoms with Crippen LogP contribution in [-0.2, 0) is 6.42 Å². The van der Waals surface area contributed by atoms with Gasteiger partial charge in [-0.25, -0.2) is 0 Å². The molecule has 2 N–H and O–H groups in total. The van der Waals surface area contributed by atoms with Crippen LogP contribution in [0.5, 0.6) is 0 Å². The summed E-state index contributed by atoms with van der Waals surface area (Å²) in [6, 6.07) is 5.65. The normalized spacial score (nSPS) is 10.5. The molecular formula is C11H13N3O. The second-order valence-electron chi connectivity index (χ2n) is 3.43. The molecule has 0 spiro atoms. The predicted molar refractivity (Wildman–Crippen MR) is 58.3 cm³/mol. The van der Waals surface area contributed by atoms with Crippen LogP contribution in [0.15, 0.2) is 22.6 Å². The maximum absolute atomic E-state index is 5.71. The van der Waals surface area contributed by atoms with Crippen molar-refractivity contribution >= 4 is 5.69 Å². The summed E-state index contributed by atoms with van der Waals surface area (Å²) >= 11 is 0. The van der Waals surface area contributed by atoms with Gasteiger partial charge in [-0.1, -0.05) is 13.0 Å². The number of aryl methyl sites for hydroxylation is 2. The van der Waals surface area contributed by atoms with Gasteiger partial charge in [0.15, 0.2) is 0 Å². The number of nitrogen functional groups attached to an aromatic ring is 1. The van der Waals surface area contributed by atoms with E-state index in [4.69, 9.17) is 10.2 Å². The van der Waals surface area contributed by atoms with Gasteiger partial charge in [0.1, 0.15) is 0 Å². The highest BCUT2D eigenvalue weighted by Crippen LogP contribution is 2.24. The molecule has 2 aromatic rings. The lowest BCUT2D eigenvalue weighted by Gasteiger charge is -2.01. The molecule has 0 saturated heterocycles. The molecule has 1 aromatic carbocycles. The Bertz CT molecular complexity index is 476. The number of anilines is 1. The van der Waals surface area contributed by atoms with Gasteiger partial charge in [0.05, 0.1) is 0 Å². The van der Waals surface area contributed by atoms with E-state index in [1.54, 1.807) is 0 Å². The van der Waals surface area contributed by atoms with Crippen molar-refractivity contribution < 1.29 is 4.42 Å². The predicted octanol–water partition coefficient (Wildman–Crippen LogP) is 2.19. The van der Waals surface area contributed by atoms with Crippen molar-refractivity contribution in [3.05, 3.63) is 29.7 Å². The highest BCUT2D eigenvalue weighted by Gasteiger charge is 2.09. The van der Waals surface area contributed by atoms with Gasteiger partial charge in [0, 0.05) is 17.7 Å². The Morgan fingerprint density at radius 1 is 1.33 bits per heavy atom. The molecule has 0 atom stereocenters. The summed E-state index contributed by atoms with van der Waals surface area (Å²) in [4.78, 5) is 0. The first-order chi connectivity index (χ1) is 7.20. The van der Waals surface area contributed by atoms with Crippen molar-refractivity contribution in [3.8, 4) is 11.5 Å². The fourth-order valence-electron chi connectivity index (χ4n) is 1.38. The molecule has 0 aliphatic heterocycles. The smallest absolute Gasteiger partial charge is 0.248 e. The molecule has 4 nitrogen and oxygen atoms in total. The minimum atomic E-state index is 0.539. The first-order valence-corrected chi connectivity index (χ1v) is 4.89. The third kappa shape index (κ3) is 1.83. The number of hydrogen-bond donors (Lipinski definition) is 1. The van der Waals surface area contributed by atoms with Crippen molar-refractivity contribution in [2.24, 2.45) is 0 Å². The number of rotatable bonds is 2. The van der Waals surface area contributed by atoms with Gasteiger partial charge < -0.3 is 10.2 Å². The topological polar surface area (TPSA) is 64.9 Å². The maximum Gasteiger partial charge on any atom is 0.248 e. The van der Waals surface area contributed by atoms with Crippen LogP contribution >= 0.6 is 0 Å². The fraction of sp³-hybridized carbons (Fsp3) is 0.273. The zero-order valence-corrected chi connectivity index (χ0v) is 8.82. The molecule has 0 fully saturated rings. The van der Waals surface area contributed by atoms with Gasteiger partial charge in [-0.05, 0) is 24.6 Å². The van der Waals surface area contributed by atoms with Crippen LogP contribution in [0, 0.1) is 6.92 Å². The zero-order chi connectivity index (χ0) is 10.8. The third-order valence-electron chi connectivity index (χ3n) is 2.26. The minimum absolute atomic E-state index is 0.539. The molecule has 1 heterocycles. The van der Waals surface area contributed by atoms with Gasteiger partial charge in [-0.2, -0.15) is 0 Å². The van der Waals surface area contributed by atoms with E-state index in [9.17, 15) is 0 Å². The van der Waals surface area contributed by atoms with E-state index < -0.39 is 0 Å². The largest absolute Gasteiger partial charge is 0.421 e. The summed E-state index contributed by atoms with van der Waals surface area (Å²) in [6.07, 6.45) is 0.744. The number of hydrogen-bond acceptors (Lipinski definition) is 4. The molecule has 2 rings (SSSR count). The van der Waals surface area contributed by atoms with Crippen molar-refractivity contribution in [1.29, 1.82) is 0 Å². The summed E-state index contributed by atoms with van der Waals surface area (Å²) in [5.74, 6) is 1.18. The van der Waals surface area contributed by atoms with E-state index in [1.807, 2.05) is 32.0 Å². The Labute approximate surface area is 88.1 Å². The highest BCUT2D eigenvalue weighted by molar-refractivity contribution is 5.63. The van der Waals surface area contributed by atoms with E-state index in [0.717, 1.165) is 17.5 Å². The molecule has 1 aromatic heterocycles. The quantitative estimate of drug-likeness (QED) is 0.760. The molecule has 4 heteroatoms. The van der Waals surface area contributed by atoms with E-state index >= 15 is 0 Å². The van der Waals surface area contributed by atoms with Gasteiger partial charge in [0.2, 0.25) is 11.8 Å². The Morgan fingerprint density at radius 2 is 2.13 bits per heavy atom. The number of nitrogens with two attached hydrogens (primary N) is 1. The van der Waals surface area contributed by atoms with Gasteiger partial charge >= 0.3 is 0 Å². The lowest BCUT2D eigenvalue weighted by molar-refractivity contribution is 0.512. The van der Waals surface area contributed by atoms with E-state index in [1.165, 1.54) is 0 Å². The summed E-state index contributed by atoms with van der Waals surface area (Å²) in [5.41, 5.74) is 8.40. The van der Waals surface area contributed by atoms with Crippen LogP contribution in [0.2, 0.25) is 0 Å².